The van der Waals surface area contributed by atoms with Crippen LogP contribution < -0.4 is 4.90 Å². The Morgan fingerprint density at radius 3 is 1.69 bits per heavy atom. The zero-order valence-corrected chi connectivity index (χ0v) is 23.1. The lowest BCUT2D eigenvalue weighted by Crippen LogP contribution is -2.32. The number of nitrogens with zero attached hydrogens (tertiary/aromatic N) is 3. The van der Waals surface area contributed by atoms with Gasteiger partial charge in [0.15, 0.2) is 0 Å². The first-order chi connectivity index (χ1) is 18.6. The van der Waals surface area contributed by atoms with Crippen LogP contribution in [0.1, 0.15) is 44.5 Å². The average Bonchev–Trinajstić information content (AvgIpc) is 2.93. The van der Waals surface area contributed by atoms with Gasteiger partial charge in [-0.3, -0.25) is 0 Å². The minimum atomic E-state index is -0.463. The monoisotopic (exact) mass is 535 g/mol. The van der Waals surface area contributed by atoms with Gasteiger partial charge in [0, 0.05) is 16.8 Å². The Labute approximate surface area is 230 Å². The summed E-state index contributed by atoms with van der Waals surface area (Å²) < 4.78 is 15.8. The molecule has 0 spiro atoms. The Balaban J connectivity index is 2.01. The predicted octanol–water partition coefficient (Wildman–Crippen LogP) is 6.35. The third-order valence-corrected chi connectivity index (χ3v) is 5.68. The van der Waals surface area contributed by atoms with Gasteiger partial charge < -0.3 is 19.1 Å². The molecule has 208 valence electrons. The maximum Gasteiger partial charge on any atom is 0.338 e. The first kappa shape index (κ1) is 31.0. The molecule has 0 bridgehead atoms. The second-order valence-electron chi connectivity index (χ2n) is 9.19. The van der Waals surface area contributed by atoms with E-state index in [4.69, 9.17) is 14.2 Å². The lowest BCUT2D eigenvalue weighted by molar-refractivity contribution is -0.139. The van der Waals surface area contributed by atoms with Crippen LogP contribution in [0.2, 0.25) is 0 Å². The zero-order valence-electron chi connectivity index (χ0n) is 23.1. The maximum atomic E-state index is 12.2. The summed E-state index contributed by atoms with van der Waals surface area (Å²) in [6.45, 7) is 15.9. The Kier molecular flexibility index (Phi) is 12.6. The number of ether oxygens (including phenoxy) is 3. The summed E-state index contributed by atoms with van der Waals surface area (Å²) in [7, 11) is 0. The van der Waals surface area contributed by atoms with Gasteiger partial charge in [0.1, 0.15) is 13.2 Å². The highest BCUT2D eigenvalue weighted by atomic mass is 16.5. The summed E-state index contributed by atoms with van der Waals surface area (Å²) in [5, 5.41) is 8.50. The summed E-state index contributed by atoms with van der Waals surface area (Å²) in [6, 6.07) is 14.0. The average molecular weight is 536 g/mol. The van der Waals surface area contributed by atoms with E-state index < -0.39 is 11.9 Å². The predicted molar refractivity (Wildman–Crippen MR) is 151 cm³/mol. The first-order valence-electron chi connectivity index (χ1n) is 12.8. The third-order valence-electron chi connectivity index (χ3n) is 5.68. The zero-order chi connectivity index (χ0) is 28.8. The lowest BCUT2D eigenvalue weighted by atomic mass is 10.1. The molecule has 0 aliphatic rings. The van der Waals surface area contributed by atoms with Crippen molar-refractivity contribution in [1.82, 2.24) is 0 Å². The number of rotatable bonds is 15. The second kappa shape index (κ2) is 15.9. The third kappa shape index (κ3) is 10.9. The van der Waals surface area contributed by atoms with Crippen molar-refractivity contribution in [2.24, 2.45) is 16.1 Å². The Hall–Kier alpha value is -4.27. The van der Waals surface area contributed by atoms with Crippen molar-refractivity contribution >= 4 is 35.0 Å². The van der Waals surface area contributed by atoms with Crippen LogP contribution in [0.15, 0.2) is 83.1 Å². The van der Waals surface area contributed by atoms with Gasteiger partial charge in [0.2, 0.25) is 0 Å². The molecule has 2 aromatic carbocycles. The highest BCUT2D eigenvalue weighted by molar-refractivity contribution is 5.89. The molecule has 0 amide bonds. The van der Waals surface area contributed by atoms with Crippen molar-refractivity contribution in [3.63, 3.8) is 0 Å². The van der Waals surface area contributed by atoms with E-state index in [1.165, 1.54) is 0 Å². The molecule has 0 fully saturated rings. The Bertz CT molecular complexity index is 1140. The van der Waals surface area contributed by atoms with Crippen molar-refractivity contribution in [1.29, 1.82) is 0 Å². The summed E-state index contributed by atoms with van der Waals surface area (Å²) >= 11 is 0. The van der Waals surface area contributed by atoms with Crippen molar-refractivity contribution in [3.8, 4) is 0 Å². The van der Waals surface area contributed by atoms with E-state index in [0.29, 0.717) is 53.7 Å². The molecule has 9 heteroatoms. The molecule has 2 rings (SSSR count). The Morgan fingerprint density at radius 2 is 1.26 bits per heavy atom. The van der Waals surface area contributed by atoms with Gasteiger partial charge in [-0.15, -0.1) is 0 Å². The fourth-order valence-corrected chi connectivity index (χ4v) is 3.04. The molecule has 2 aromatic rings. The first-order valence-corrected chi connectivity index (χ1v) is 12.8. The van der Waals surface area contributed by atoms with E-state index in [2.05, 4.69) is 30.3 Å². The van der Waals surface area contributed by atoms with Gasteiger partial charge in [0.25, 0.3) is 0 Å². The normalized spacial score (nSPS) is 11.5. The van der Waals surface area contributed by atoms with Crippen molar-refractivity contribution in [3.05, 3.63) is 78.4 Å². The molecule has 0 aliphatic carbocycles. The van der Waals surface area contributed by atoms with Gasteiger partial charge >= 0.3 is 17.9 Å². The fraction of sp³-hybridized carbons (Fsp3) is 0.367. The minimum absolute atomic E-state index is 0.142. The van der Waals surface area contributed by atoms with Crippen LogP contribution in [-0.2, 0) is 23.8 Å². The van der Waals surface area contributed by atoms with Gasteiger partial charge in [-0.05, 0) is 68.3 Å². The molecule has 0 N–H and O–H groups in total. The van der Waals surface area contributed by atoms with E-state index in [1.54, 1.807) is 50.2 Å². The van der Waals surface area contributed by atoms with E-state index in [-0.39, 0.29) is 19.2 Å². The molecule has 0 saturated heterocycles. The van der Waals surface area contributed by atoms with Crippen LogP contribution in [0.25, 0.3) is 0 Å². The van der Waals surface area contributed by atoms with Gasteiger partial charge in [-0.1, -0.05) is 33.4 Å². The van der Waals surface area contributed by atoms with E-state index >= 15 is 0 Å². The van der Waals surface area contributed by atoms with Crippen LogP contribution in [0.5, 0.6) is 0 Å². The SMILES string of the molecule is C=C(C)C(=O)OCCN(CCOC(=O)C(=C)C)c1ccc(N=Nc2ccc(C(=O)OC[C@@H](C)CC)cc2)cc1. The minimum Gasteiger partial charge on any atom is -0.462 e. The molecule has 0 aliphatic heterocycles. The topological polar surface area (TPSA) is 107 Å². The summed E-state index contributed by atoms with van der Waals surface area (Å²) in [5.41, 5.74) is 3.15. The molecule has 0 saturated carbocycles. The second-order valence-corrected chi connectivity index (χ2v) is 9.19. The Morgan fingerprint density at radius 1 is 0.795 bits per heavy atom. The molecule has 9 nitrogen and oxygen atoms in total. The molecular formula is C30H37N3O6. The number of benzene rings is 2. The summed E-state index contributed by atoms with van der Waals surface area (Å²) in [6.07, 6.45) is 0.946. The van der Waals surface area contributed by atoms with E-state index in [0.717, 1.165) is 12.1 Å². The van der Waals surface area contributed by atoms with Crippen LogP contribution in [-0.4, -0.2) is 50.8 Å². The number of hydrogen-bond acceptors (Lipinski definition) is 9. The number of carbonyl (C=O) groups is 3. The van der Waals surface area contributed by atoms with Gasteiger partial charge in [0.05, 0.1) is 36.6 Å². The summed E-state index contributed by atoms with van der Waals surface area (Å²) in [4.78, 5) is 37.5. The van der Waals surface area contributed by atoms with Gasteiger partial charge in [-0.2, -0.15) is 10.2 Å². The number of esters is 3. The number of azo groups is 1. The molecule has 0 unspecified atom stereocenters. The molecule has 0 aromatic heterocycles. The fourth-order valence-electron chi connectivity index (χ4n) is 3.04. The van der Waals surface area contributed by atoms with Crippen molar-refractivity contribution in [2.75, 3.05) is 37.8 Å². The van der Waals surface area contributed by atoms with Gasteiger partial charge in [-0.25, -0.2) is 14.4 Å². The van der Waals surface area contributed by atoms with Crippen molar-refractivity contribution in [2.45, 2.75) is 34.1 Å². The molecule has 1 atom stereocenters. The highest BCUT2D eigenvalue weighted by Crippen LogP contribution is 2.23. The smallest absolute Gasteiger partial charge is 0.338 e. The maximum absolute atomic E-state index is 12.2. The largest absolute Gasteiger partial charge is 0.462 e. The molecular weight excluding hydrogens is 498 g/mol. The van der Waals surface area contributed by atoms with Crippen LogP contribution in [0.3, 0.4) is 0 Å². The van der Waals surface area contributed by atoms with E-state index in [9.17, 15) is 14.4 Å². The number of anilines is 1. The number of carbonyl (C=O) groups excluding carboxylic acids is 3. The quantitative estimate of drug-likeness (QED) is 0.113. The van der Waals surface area contributed by atoms with Crippen LogP contribution in [0.4, 0.5) is 17.1 Å². The lowest BCUT2D eigenvalue weighted by Gasteiger charge is -2.24. The van der Waals surface area contributed by atoms with E-state index in [1.807, 2.05) is 24.0 Å². The summed E-state index contributed by atoms with van der Waals surface area (Å²) in [5.74, 6) is -0.966. The molecule has 0 radical (unpaired) electrons. The van der Waals surface area contributed by atoms with Crippen molar-refractivity contribution < 1.29 is 28.6 Å². The number of hydrogen-bond donors (Lipinski definition) is 0. The van der Waals surface area contributed by atoms with Crippen LogP contribution in [0, 0.1) is 5.92 Å². The highest BCUT2D eigenvalue weighted by Gasteiger charge is 2.12. The molecule has 39 heavy (non-hydrogen) atoms. The van der Waals surface area contributed by atoms with Crippen LogP contribution >= 0.6 is 0 Å². The molecule has 0 heterocycles. The standard InChI is InChI=1S/C30H37N3O6/c1-7-23(6)20-39-30(36)24-8-10-25(11-9-24)31-32-26-12-14-27(15-13-26)33(16-18-37-28(34)21(2)3)17-19-38-29(35)22(4)5/h8-15,23H,2,4,7,16-20H2,1,3,5-6H3/t23-/m0/s1.